The van der Waals surface area contributed by atoms with Crippen molar-refractivity contribution in [1.82, 2.24) is 4.90 Å². The quantitative estimate of drug-likeness (QED) is 0.859. The number of aryl methyl sites for hydroxylation is 1. The molecule has 1 aliphatic rings. The first kappa shape index (κ1) is 15.0. The van der Waals surface area contributed by atoms with Crippen molar-refractivity contribution < 1.29 is 9.90 Å². The molecule has 0 atom stereocenters. The summed E-state index contributed by atoms with van der Waals surface area (Å²) in [6, 6.07) is 4.14. The van der Waals surface area contributed by atoms with Gasteiger partial charge in [-0.15, -0.1) is 11.3 Å². The second kappa shape index (κ2) is 6.37. The Labute approximate surface area is 126 Å². The number of amides is 1. The smallest absolute Gasteiger partial charge is 0.222 e. The van der Waals surface area contributed by atoms with E-state index in [9.17, 15) is 9.90 Å². The van der Waals surface area contributed by atoms with Crippen LogP contribution in [0, 0.1) is 0 Å². The Morgan fingerprint density at radius 3 is 2.84 bits per heavy atom. The number of β-amino-alcohol motifs (C(OH)–C–C–N with tert-alkyl or cyclic N) is 1. The largest absolute Gasteiger partial charge is 0.386 e. The molecule has 5 heteroatoms. The summed E-state index contributed by atoms with van der Waals surface area (Å²) in [4.78, 5) is 15.0. The highest BCUT2D eigenvalue weighted by molar-refractivity contribution is 9.11. The number of halogens is 1. The first-order valence-corrected chi connectivity index (χ1v) is 8.38. The fraction of sp³-hybridized carbons (Fsp3) is 0.643. The van der Waals surface area contributed by atoms with Gasteiger partial charge >= 0.3 is 0 Å². The minimum Gasteiger partial charge on any atom is -0.386 e. The van der Waals surface area contributed by atoms with Crippen LogP contribution in [0.5, 0.6) is 0 Å². The lowest BCUT2D eigenvalue weighted by atomic mass is 9.89. The molecular formula is C14H20BrNO2S. The first-order chi connectivity index (χ1) is 9.02. The van der Waals surface area contributed by atoms with Crippen molar-refractivity contribution >= 4 is 33.2 Å². The molecule has 0 radical (unpaired) electrons. The van der Waals surface area contributed by atoms with Crippen molar-refractivity contribution in [2.24, 2.45) is 0 Å². The zero-order valence-corrected chi connectivity index (χ0v) is 13.6. The van der Waals surface area contributed by atoms with Crippen molar-refractivity contribution in [2.45, 2.75) is 44.6 Å². The predicted octanol–water partition coefficient (Wildman–Crippen LogP) is 3.21. The van der Waals surface area contributed by atoms with E-state index >= 15 is 0 Å². The zero-order chi connectivity index (χ0) is 13.9. The molecule has 1 saturated heterocycles. The summed E-state index contributed by atoms with van der Waals surface area (Å²) in [5.41, 5.74) is -0.608. The molecule has 1 aliphatic heterocycles. The number of nitrogens with zero attached hydrogens (tertiary/aromatic N) is 1. The van der Waals surface area contributed by atoms with Crippen LogP contribution in [0.4, 0.5) is 0 Å². The SMILES string of the molecule is CCCC1(O)CN(C(=O)CCCc2ccc(Br)s2)C1. The molecule has 2 heterocycles. The summed E-state index contributed by atoms with van der Waals surface area (Å²) in [7, 11) is 0. The standard InChI is InChI=1S/C14H20BrNO2S/c1-2-8-14(18)9-16(10-14)13(17)5-3-4-11-6-7-12(15)19-11/h6-7,18H,2-5,8-10H2,1H3. The average molecular weight is 346 g/mol. The van der Waals surface area contributed by atoms with Crippen LogP contribution in [-0.2, 0) is 11.2 Å². The van der Waals surface area contributed by atoms with Gasteiger partial charge in [0.2, 0.25) is 5.91 Å². The van der Waals surface area contributed by atoms with E-state index in [2.05, 4.69) is 28.9 Å². The van der Waals surface area contributed by atoms with Gasteiger partial charge < -0.3 is 10.0 Å². The van der Waals surface area contributed by atoms with Gasteiger partial charge in [0.15, 0.2) is 0 Å². The van der Waals surface area contributed by atoms with Gasteiger partial charge in [-0.2, -0.15) is 0 Å². The zero-order valence-electron chi connectivity index (χ0n) is 11.2. The number of aliphatic hydroxyl groups is 1. The molecule has 1 aromatic rings. The van der Waals surface area contributed by atoms with E-state index in [-0.39, 0.29) is 5.91 Å². The first-order valence-electron chi connectivity index (χ1n) is 6.77. The van der Waals surface area contributed by atoms with E-state index in [1.54, 1.807) is 16.2 Å². The minimum absolute atomic E-state index is 0.177. The molecule has 3 nitrogen and oxygen atoms in total. The van der Waals surface area contributed by atoms with Crippen molar-refractivity contribution in [1.29, 1.82) is 0 Å². The summed E-state index contributed by atoms with van der Waals surface area (Å²) < 4.78 is 1.14. The normalized spacial score (nSPS) is 17.3. The summed E-state index contributed by atoms with van der Waals surface area (Å²) in [5.74, 6) is 0.177. The summed E-state index contributed by atoms with van der Waals surface area (Å²) in [6.45, 7) is 3.09. The molecular weight excluding hydrogens is 326 g/mol. The summed E-state index contributed by atoms with van der Waals surface area (Å²) in [6.07, 6.45) is 4.17. The summed E-state index contributed by atoms with van der Waals surface area (Å²) >= 11 is 5.16. The van der Waals surface area contributed by atoms with Crippen molar-refractivity contribution in [2.75, 3.05) is 13.1 Å². The lowest BCUT2D eigenvalue weighted by Crippen LogP contribution is -2.63. The van der Waals surface area contributed by atoms with Crippen LogP contribution >= 0.6 is 27.3 Å². The van der Waals surface area contributed by atoms with E-state index < -0.39 is 5.60 Å². The highest BCUT2D eigenvalue weighted by Gasteiger charge is 2.42. The number of thiophene rings is 1. The Balaban J connectivity index is 1.66. The van der Waals surface area contributed by atoms with Crippen LogP contribution in [0.3, 0.4) is 0 Å². The maximum Gasteiger partial charge on any atom is 0.222 e. The Kier molecular flexibility index (Phi) is 5.03. The molecule has 19 heavy (non-hydrogen) atoms. The Bertz CT molecular complexity index is 440. The van der Waals surface area contributed by atoms with Gasteiger partial charge in [-0.25, -0.2) is 0 Å². The molecule has 2 rings (SSSR count). The molecule has 1 aromatic heterocycles. The monoisotopic (exact) mass is 345 g/mol. The highest BCUT2D eigenvalue weighted by atomic mass is 79.9. The Morgan fingerprint density at radius 1 is 1.53 bits per heavy atom. The van der Waals surface area contributed by atoms with Crippen LogP contribution in [0.25, 0.3) is 0 Å². The van der Waals surface area contributed by atoms with E-state index in [4.69, 9.17) is 0 Å². The molecule has 1 N–H and O–H groups in total. The van der Waals surface area contributed by atoms with Gasteiger partial charge in [-0.05, 0) is 47.3 Å². The fourth-order valence-electron chi connectivity index (χ4n) is 2.52. The predicted molar refractivity (Wildman–Crippen MR) is 81.4 cm³/mol. The van der Waals surface area contributed by atoms with Crippen LogP contribution in [0.15, 0.2) is 15.9 Å². The van der Waals surface area contributed by atoms with E-state index in [0.717, 1.165) is 29.5 Å². The lowest BCUT2D eigenvalue weighted by Gasteiger charge is -2.46. The minimum atomic E-state index is -0.608. The topological polar surface area (TPSA) is 40.5 Å². The second-order valence-electron chi connectivity index (χ2n) is 5.28. The third kappa shape index (κ3) is 4.04. The lowest BCUT2D eigenvalue weighted by molar-refractivity contribution is -0.156. The number of hydrogen-bond donors (Lipinski definition) is 1. The molecule has 0 bridgehead atoms. The number of hydrogen-bond acceptors (Lipinski definition) is 3. The third-order valence-corrected chi connectivity index (χ3v) is 5.16. The van der Waals surface area contributed by atoms with Crippen molar-refractivity contribution in [3.63, 3.8) is 0 Å². The van der Waals surface area contributed by atoms with Gasteiger partial charge in [0, 0.05) is 11.3 Å². The summed E-state index contributed by atoms with van der Waals surface area (Å²) in [5, 5.41) is 10.0. The van der Waals surface area contributed by atoms with Gasteiger partial charge in [-0.1, -0.05) is 13.3 Å². The second-order valence-corrected chi connectivity index (χ2v) is 7.83. The average Bonchev–Trinajstić information content (AvgIpc) is 2.72. The van der Waals surface area contributed by atoms with Crippen LogP contribution in [0.1, 0.15) is 37.5 Å². The molecule has 106 valence electrons. The van der Waals surface area contributed by atoms with Gasteiger partial charge in [0.05, 0.1) is 22.5 Å². The molecule has 0 saturated carbocycles. The number of likely N-dealkylation sites (tertiary alicyclic amines) is 1. The molecule has 1 fully saturated rings. The fourth-order valence-corrected chi connectivity index (χ4v) is 4.05. The number of carbonyl (C=O) groups is 1. The van der Waals surface area contributed by atoms with Gasteiger partial charge in [0.25, 0.3) is 0 Å². The molecule has 0 unspecified atom stereocenters. The Hall–Kier alpha value is -0.390. The van der Waals surface area contributed by atoms with E-state index in [0.29, 0.717) is 19.5 Å². The van der Waals surface area contributed by atoms with Crippen LogP contribution in [-0.4, -0.2) is 34.6 Å². The number of rotatable bonds is 6. The molecule has 0 aliphatic carbocycles. The van der Waals surface area contributed by atoms with Crippen molar-refractivity contribution in [3.8, 4) is 0 Å². The molecule has 0 spiro atoms. The third-order valence-electron chi connectivity index (χ3n) is 3.48. The van der Waals surface area contributed by atoms with Gasteiger partial charge in [-0.3, -0.25) is 4.79 Å². The maximum atomic E-state index is 11.9. The molecule has 0 aromatic carbocycles. The van der Waals surface area contributed by atoms with Gasteiger partial charge in [0.1, 0.15) is 0 Å². The van der Waals surface area contributed by atoms with E-state index in [1.807, 2.05) is 6.07 Å². The highest BCUT2D eigenvalue weighted by Crippen LogP contribution is 2.27. The van der Waals surface area contributed by atoms with Crippen LogP contribution < -0.4 is 0 Å². The molecule has 1 amide bonds. The van der Waals surface area contributed by atoms with Crippen molar-refractivity contribution in [3.05, 3.63) is 20.8 Å². The number of carbonyl (C=O) groups excluding carboxylic acids is 1. The van der Waals surface area contributed by atoms with Crippen LogP contribution in [0.2, 0.25) is 0 Å². The Morgan fingerprint density at radius 2 is 2.26 bits per heavy atom. The van der Waals surface area contributed by atoms with E-state index in [1.165, 1.54) is 4.88 Å². The maximum absolute atomic E-state index is 11.9.